The molecule has 0 spiro atoms. The molecular weight excluding hydrogens is 420 g/mol. The van der Waals surface area contributed by atoms with Crippen molar-refractivity contribution in [3.63, 3.8) is 0 Å². The van der Waals surface area contributed by atoms with Crippen LogP contribution in [0.25, 0.3) is 54.9 Å². The minimum Gasteiger partial charge on any atom is -0.0837 e. The summed E-state index contributed by atoms with van der Waals surface area (Å²) in [6, 6.07) is 45.1. The molecule has 6 rings (SSSR count). The standard InChI is InChI=1S/C32H21Cl/c33-31-17-7-15-29-26(12-6-16-30(29)31)23-18-20-24(21-19-23)28-14-5-11-25-10-4-13-27(32(25)28)22-8-2-1-3-9-22/h1-21H. The highest BCUT2D eigenvalue weighted by atomic mass is 35.5. The first-order chi connectivity index (χ1) is 16.3. The second-order valence-corrected chi connectivity index (χ2v) is 8.70. The zero-order valence-electron chi connectivity index (χ0n) is 18.0. The van der Waals surface area contributed by atoms with Crippen LogP contribution in [0.2, 0.25) is 5.02 Å². The van der Waals surface area contributed by atoms with Gasteiger partial charge in [-0.25, -0.2) is 0 Å². The van der Waals surface area contributed by atoms with Crippen molar-refractivity contribution in [1.82, 2.24) is 0 Å². The van der Waals surface area contributed by atoms with Crippen LogP contribution in [0.5, 0.6) is 0 Å². The van der Waals surface area contributed by atoms with Crippen LogP contribution in [0, 0.1) is 0 Å². The van der Waals surface area contributed by atoms with Crippen molar-refractivity contribution in [2.45, 2.75) is 0 Å². The zero-order valence-corrected chi connectivity index (χ0v) is 18.8. The van der Waals surface area contributed by atoms with E-state index in [4.69, 9.17) is 11.6 Å². The van der Waals surface area contributed by atoms with E-state index in [1.165, 1.54) is 49.5 Å². The Balaban J connectivity index is 1.50. The van der Waals surface area contributed by atoms with Gasteiger partial charge in [-0.15, -0.1) is 0 Å². The summed E-state index contributed by atoms with van der Waals surface area (Å²) in [6.07, 6.45) is 0. The number of hydrogen-bond donors (Lipinski definition) is 0. The van der Waals surface area contributed by atoms with Gasteiger partial charge in [-0.2, -0.15) is 0 Å². The smallest absolute Gasteiger partial charge is 0.0484 e. The second-order valence-electron chi connectivity index (χ2n) is 8.29. The van der Waals surface area contributed by atoms with Crippen LogP contribution >= 0.6 is 11.6 Å². The van der Waals surface area contributed by atoms with Gasteiger partial charge in [0.2, 0.25) is 0 Å². The van der Waals surface area contributed by atoms with Crippen LogP contribution in [0.3, 0.4) is 0 Å². The molecule has 0 saturated carbocycles. The van der Waals surface area contributed by atoms with E-state index >= 15 is 0 Å². The van der Waals surface area contributed by atoms with Gasteiger partial charge in [-0.3, -0.25) is 0 Å². The molecule has 0 aliphatic heterocycles. The maximum atomic E-state index is 6.44. The molecule has 0 radical (unpaired) electrons. The van der Waals surface area contributed by atoms with Crippen LogP contribution in [0.1, 0.15) is 0 Å². The molecular formula is C32H21Cl. The monoisotopic (exact) mass is 440 g/mol. The molecule has 0 aliphatic rings. The largest absolute Gasteiger partial charge is 0.0837 e. The van der Waals surface area contributed by atoms with Crippen molar-refractivity contribution >= 4 is 33.1 Å². The van der Waals surface area contributed by atoms with Crippen molar-refractivity contribution in [2.75, 3.05) is 0 Å². The van der Waals surface area contributed by atoms with Gasteiger partial charge < -0.3 is 0 Å². The highest BCUT2D eigenvalue weighted by Gasteiger charge is 2.11. The molecule has 0 fully saturated rings. The van der Waals surface area contributed by atoms with E-state index in [2.05, 4.69) is 115 Å². The number of fused-ring (bicyclic) bond motifs is 2. The van der Waals surface area contributed by atoms with Crippen molar-refractivity contribution in [1.29, 1.82) is 0 Å². The average molecular weight is 441 g/mol. The molecule has 0 atom stereocenters. The Bertz CT molecular complexity index is 1590. The lowest BCUT2D eigenvalue weighted by molar-refractivity contribution is 1.61. The molecule has 0 aromatic heterocycles. The Labute approximate surface area is 198 Å². The first-order valence-electron chi connectivity index (χ1n) is 11.1. The van der Waals surface area contributed by atoms with E-state index in [9.17, 15) is 0 Å². The molecule has 33 heavy (non-hydrogen) atoms. The molecule has 0 aliphatic carbocycles. The summed E-state index contributed by atoms with van der Waals surface area (Å²) in [5.74, 6) is 0. The minimum atomic E-state index is 0.787. The summed E-state index contributed by atoms with van der Waals surface area (Å²) in [7, 11) is 0. The van der Waals surface area contributed by atoms with E-state index in [0.717, 1.165) is 10.4 Å². The molecule has 156 valence electrons. The first-order valence-corrected chi connectivity index (χ1v) is 11.5. The Morgan fingerprint density at radius 1 is 0.364 bits per heavy atom. The van der Waals surface area contributed by atoms with Gasteiger partial charge in [0.1, 0.15) is 0 Å². The van der Waals surface area contributed by atoms with Gasteiger partial charge in [-0.05, 0) is 55.6 Å². The average Bonchev–Trinajstić information content (AvgIpc) is 2.89. The van der Waals surface area contributed by atoms with E-state index in [-0.39, 0.29) is 0 Å². The summed E-state index contributed by atoms with van der Waals surface area (Å²) in [5.41, 5.74) is 7.35. The topological polar surface area (TPSA) is 0 Å². The highest BCUT2D eigenvalue weighted by molar-refractivity contribution is 6.35. The van der Waals surface area contributed by atoms with Crippen LogP contribution < -0.4 is 0 Å². The predicted molar refractivity (Wildman–Crippen MR) is 143 cm³/mol. The molecule has 1 heteroatoms. The van der Waals surface area contributed by atoms with Gasteiger partial charge in [0, 0.05) is 10.4 Å². The maximum Gasteiger partial charge on any atom is 0.0484 e. The Morgan fingerprint density at radius 3 is 1.58 bits per heavy atom. The number of rotatable bonds is 3. The predicted octanol–water partition coefficient (Wildman–Crippen LogP) is 9.65. The molecule has 0 unspecified atom stereocenters. The Kier molecular flexibility index (Phi) is 4.94. The van der Waals surface area contributed by atoms with Crippen LogP contribution in [0.4, 0.5) is 0 Å². The van der Waals surface area contributed by atoms with Gasteiger partial charge in [-0.1, -0.05) is 133 Å². The van der Waals surface area contributed by atoms with Gasteiger partial charge >= 0.3 is 0 Å². The molecule has 0 amide bonds. The summed E-state index contributed by atoms with van der Waals surface area (Å²) in [6.45, 7) is 0. The van der Waals surface area contributed by atoms with E-state index in [1.807, 2.05) is 12.1 Å². The molecule has 0 N–H and O–H groups in total. The lowest BCUT2D eigenvalue weighted by Crippen LogP contribution is -1.87. The number of benzene rings is 6. The van der Waals surface area contributed by atoms with Gasteiger partial charge in [0.25, 0.3) is 0 Å². The van der Waals surface area contributed by atoms with Gasteiger partial charge in [0.05, 0.1) is 0 Å². The quantitative estimate of drug-likeness (QED) is 0.257. The Morgan fingerprint density at radius 2 is 0.879 bits per heavy atom. The normalized spacial score (nSPS) is 11.2. The summed E-state index contributed by atoms with van der Waals surface area (Å²) >= 11 is 6.44. The van der Waals surface area contributed by atoms with E-state index in [0.29, 0.717) is 0 Å². The van der Waals surface area contributed by atoms with Crippen molar-refractivity contribution < 1.29 is 0 Å². The van der Waals surface area contributed by atoms with Gasteiger partial charge in [0.15, 0.2) is 0 Å². The molecule has 0 nitrogen and oxygen atoms in total. The number of halogens is 1. The fraction of sp³-hybridized carbons (Fsp3) is 0. The highest BCUT2D eigenvalue weighted by Crippen LogP contribution is 2.38. The van der Waals surface area contributed by atoms with Crippen LogP contribution in [-0.4, -0.2) is 0 Å². The zero-order chi connectivity index (χ0) is 22.2. The first kappa shape index (κ1) is 19.8. The lowest BCUT2D eigenvalue weighted by atomic mass is 9.90. The third-order valence-electron chi connectivity index (χ3n) is 6.37. The van der Waals surface area contributed by atoms with Crippen molar-refractivity contribution in [2.24, 2.45) is 0 Å². The van der Waals surface area contributed by atoms with E-state index in [1.54, 1.807) is 0 Å². The number of hydrogen-bond acceptors (Lipinski definition) is 0. The fourth-order valence-electron chi connectivity index (χ4n) is 4.79. The SMILES string of the molecule is Clc1cccc2c(-c3ccc(-c4cccc5cccc(-c6ccccc6)c45)cc3)cccc12. The van der Waals surface area contributed by atoms with Crippen LogP contribution in [0.15, 0.2) is 127 Å². The molecule has 0 heterocycles. The lowest BCUT2D eigenvalue weighted by Gasteiger charge is -2.13. The Hall–Kier alpha value is -3.87. The fourth-order valence-corrected chi connectivity index (χ4v) is 5.03. The molecule has 6 aromatic rings. The molecule has 0 bridgehead atoms. The van der Waals surface area contributed by atoms with Crippen LogP contribution in [-0.2, 0) is 0 Å². The third kappa shape index (κ3) is 3.50. The van der Waals surface area contributed by atoms with E-state index < -0.39 is 0 Å². The second kappa shape index (κ2) is 8.24. The minimum absolute atomic E-state index is 0.787. The third-order valence-corrected chi connectivity index (χ3v) is 6.69. The molecule has 0 saturated heterocycles. The molecule has 6 aromatic carbocycles. The summed E-state index contributed by atoms with van der Waals surface area (Å²) in [5, 5.41) is 5.59. The maximum absolute atomic E-state index is 6.44. The van der Waals surface area contributed by atoms with Crippen molar-refractivity contribution in [3.05, 3.63) is 132 Å². The van der Waals surface area contributed by atoms with Crippen molar-refractivity contribution in [3.8, 4) is 33.4 Å². The summed E-state index contributed by atoms with van der Waals surface area (Å²) in [4.78, 5) is 0. The summed E-state index contributed by atoms with van der Waals surface area (Å²) < 4.78 is 0.